The summed E-state index contributed by atoms with van der Waals surface area (Å²) < 4.78 is 8.21. The van der Waals surface area contributed by atoms with Crippen LogP contribution in [0.15, 0.2) is 37.1 Å². The molecule has 0 spiro atoms. The first-order valence-corrected chi connectivity index (χ1v) is 16.5. The molecule has 1 aliphatic rings. The van der Waals surface area contributed by atoms with Gasteiger partial charge in [-0.25, -0.2) is 4.98 Å². The molecule has 0 saturated carbocycles. The number of aliphatic hydroxyl groups is 1. The molecule has 1 amide bonds. The predicted octanol–water partition coefficient (Wildman–Crippen LogP) is 4.42. The number of nitrogens with zero attached hydrogens (tertiary/aromatic N) is 4. The summed E-state index contributed by atoms with van der Waals surface area (Å²) in [4.78, 5) is 50.5. The Labute approximate surface area is 228 Å². The van der Waals surface area contributed by atoms with E-state index in [9.17, 15) is 19.5 Å². The fourth-order valence-corrected chi connectivity index (χ4v) is 7.36. The smallest absolute Gasteiger partial charge is 0.232 e. The summed E-state index contributed by atoms with van der Waals surface area (Å²) in [7, 11) is -2.17. The summed E-state index contributed by atoms with van der Waals surface area (Å²) in [5.74, 6) is -1.76. The van der Waals surface area contributed by atoms with E-state index in [1.54, 1.807) is 35.9 Å². The number of aromatic nitrogens is 3. The predicted molar refractivity (Wildman–Crippen MR) is 148 cm³/mol. The lowest BCUT2D eigenvalue weighted by Crippen LogP contribution is -2.70. The molecule has 3 aromatic rings. The van der Waals surface area contributed by atoms with Gasteiger partial charge in [0.15, 0.2) is 14.1 Å². The second-order valence-electron chi connectivity index (χ2n) is 11.6. The monoisotopic (exact) mass is 556 g/mol. The fraction of sp³-hybridized carbons (Fsp3) is 0.519. The summed E-state index contributed by atoms with van der Waals surface area (Å²) in [6, 6.07) is 2.85. The molecular weight excluding hydrogens is 520 g/mol. The molecule has 204 valence electrons. The number of ketones is 2. The first-order chi connectivity index (χ1) is 17.7. The summed E-state index contributed by atoms with van der Waals surface area (Å²) in [6.45, 7) is 15.9. The highest BCUT2D eigenvalue weighted by atomic mass is 32.1. The number of carbonyl (C=O) groups excluding carboxylic acids is 3. The Balaban J connectivity index is 1.60. The largest absolute Gasteiger partial charge is 0.413 e. The highest BCUT2D eigenvalue weighted by molar-refractivity contribution is 7.19. The van der Waals surface area contributed by atoms with E-state index in [2.05, 4.69) is 43.8 Å². The fourth-order valence-electron chi connectivity index (χ4n) is 4.82. The van der Waals surface area contributed by atoms with Crippen LogP contribution in [-0.4, -0.2) is 68.5 Å². The number of fused-ring (bicyclic) bond motifs is 1. The van der Waals surface area contributed by atoms with Gasteiger partial charge in [0, 0.05) is 30.1 Å². The average molecular weight is 557 g/mol. The van der Waals surface area contributed by atoms with E-state index in [0.717, 1.165) is 0 Å². The minimum absolute atomic E-state index is 0.0350. The number of hydrogen-bond donors (Lipinski definition) is 1. The van der Waals surface area contributed by atoms with Gasteiger partial charge in [0.2, 0.25) is 11.7 Å². The Morgan fingerprint density at radius 2 is 1.89 bits per heavy atom. The molecule has 0 aromatic carbocycles. The van der Waals surface area contributed by atoms with E-state index in [1.165, 1.54) is 35.7 Å². The third-order valence-electron chi connectivity index (χ3n) is 7.94. The second-order valence-corrected chi connectivity index (χ2v) is 17.4. The van der Waals surface area contributed by atoms with Crippen molar-refractivity contribution in [3.63, 3.8) is 0 Å². The number of aliphatic hydroxyl groups excluding tert-OH is 1. The molecule has 0 bridgehead atoms. The number of imidazole rings is 1. The average Bonchev–Trinajstić information content (AvgIpc) is 3.41. The molecule has 1 saturated heterocycles. The zero-order valence-corrected chi connectivity index (χ0v) is 24.9. The molecule has 1 fully saturated rings. The van der Waals surface area contributed by atoms with Crippen LogP contribution in [0.5, 0.6) is 0 Å². The van der Waals surface area contributed by atoms with Gasteiger partial charge in [-0.3, -0.25) is 23.8 Å². The van der Waals surface area contributed by atoms with Crippen molar-refractivity contribution in [3.05, 3.63) is 53.2 Å². The number of pyridine rings is 1. The molecule has 9 nitrogen and oxygen atoms in total. The van der Waals surface area contributed by atoms with Crippen molar-refractivity contribution < 1.29 is 23.9 Å². The van der Waals surface area contributed by atoms with Crippen molar-refractivity contribution in [1.29, 1.82) is 0 Å². The molecule has 0 radical (unpaired) electrons. The molecule has 3 aromatic heterocycles. The van der Waals surface area contributed by atoms with Crippen LogP contribution in [0, 0.1) is 11.8 Å². The van der Waals surface area contributed by atoms with E-state index in [0.29, 0.717) is 15.3 Å². The van der Waals surface area contributed by atoms with Crippen LogP contribution in [0.3, 0.4) is 0 Å². The summed E-state index contributed by atoms with van der Waals surface area (Å²) in [6.07, 6.45) is 4.85. The highest BCUT2D eigenvalue weighted by Gasteiger charge is 2.56. The van der Waals surface area contributed by atoms with Crippen molar-refractivity contribution in [2.45, 2.75) is 78.0 Å². The lowest BCUT2D eigenvalue weighted by atomic mass is 9.74. The molecule has 38 heavy (non-hydrogen) atoms. The maximum Gasteiger partial charge on any atom is 0.232 e. The third-order valence-corrected chi connectivity index (χ3v) is 13.6. The van der Waals surface area contributed by atoms with Gasteiger partial charge in [0.1, 0.15) is 23.1 Å². The van der Waals surface area contributed by atoms with Crippen molar-refractivity contribution >= 4 is 42.0 Å². The van der Waals surface area contributed by atoms with Crippen LogP contribution >= 0.6 is 11.3 Å². The molecule has 11 heteroatoms. The number of β-lactam (4-membered cyclic amide) rings is 1. The quantitative estimate of drug-likeness (QED) is 0.236. The molecular formula is C27H36N4O5SSi. The summed E-state index contributed by atoms with van der Waals surface area (Å²) >= 11 is 1.19. The number of hydrogen-bond acceptors (Lipinski definition) is 8. The number of carbonyl (C=O) groups is 3. The number of likely N-dealkylation sites (tertiary alicyclic amines) is 1. The lowest BCUT2D eigenvalue weighted by molar-refractivity contribution is -0.184. The normalized spacial score (nSPS) is 20.8. The van der Waals surface area contributed by atoms with Gasteiger partial charge in [0.25, 0.3) is 0 Å². The summed E-state index contributed by atoms with van der Waals surface area (Å²) in [5.41, 5.74) is 0.676. The number of thiazole rings is 1. The molecule has 1 N–H and O–H groups in total. The van der Waals surface area contributed by atoms with Gasteiger partial charge >= 0.3 is 0 Å². The van der Waals surface area contributed by atoms with E-state index >= 15 is 0 Å². The molecule has 4 heterocycles. The second kappa shape index (κ2) is 10.1. The molecule has 0 aliphatic carbocycles. The maximum absolute atomic E-state index is 13.7. The van der Waals surface area contributed by atoms with Gasteiger partial charge in [0.05, 0.1) is 22.9 Å². The van der Waals surface area contributed by atoms with Crippen LogP contribution in [0.1, 0.15) is 67.3 Å². The molecule has 4 rings (SSSR count). The Morgan fingerprint density at radius 3 is 2.47 bits per heavy atom. The molecule has 1 unspecified atom stereocenters. The number of Topliss-reactive ketones (excluding diaryl/α,β-unsaturated/α-hetero) is 1. The topological polar surface area (TPSA) is 114 Å². The van der Waals surface area contributed by atoms with E-state index in [1.807, 2.05) is 6.92 Å². The Bertz CT molecular complexity index is 1360. The van der Waals surface area contributed by atoms with Crippen LogP contribution in [0.2, 0.25) is 18.1 Å². The summed E-state index contributed by atoms with van der Waals surface area (Å²) in [5, 5.41) is 10.3. The van der Waals surface area contributed by atoms with Gasteiger partial charge in [-0.15, -0.1) is 11.3 Å². The SMILES string of the molecule is CC(O)N1C(=O)[C@H]([C@@H](C)O[Si](C)(C)C(C)(C)C)[C@H]1[C@@H](C)C(=O)c1cn2cnc(C(=O)c3cccnc3)c2s1. The maximum atomic E-state index is 13.7. The number of rotatable bonds is 9. The third kappa shape index (κ3) is 4.88. The Kier molecular flexibility index (Phi) is 7.52. The van der Waals surface area contributed by atoms with Crippen molar-refractivity contribution in [1.82, 2.24) is 19.3 Å². The van der Waals surface area contributed by atoms with Gasteiger partial charge in [-0.05, 0) is 44.1 Å². The Morgan fingerprint density at radius 1 is 1.21 bits per heavy atom. The first-order valence-electron chi connectivity index (χ1n) is 12.8. The highest BCUT2D eigenvalue weighted by Crippen LogP contribution is 2.43. The first kappa shape index (κ1) is 28.3. The minimum atomic E-state index is -2.17. The number of amides is 1. The Hall–Kier alpha value is -2.73. The van der Waals surface area contributed by atoms with E-state index < -0.39 is 38.5 Å². The zero-order chi connectivity index (χ0) is 28.2. The van der Waals surface area contributed by atoms with Crippen molar-refractivity contribution in [3.8, 4) is 0 Å². The van der Waals surface area contributed by atoms with Crippen molar-refractivity contribution in [2.75, 3.05) is 0 Å². The van der Waals surface area contributed by atoms with Gasteiger partial charge in [-0.1, -0.05) is 27.7 Å². The van der Waals surface area contributed by atoms with E-state index in [4.69, 9.17) is 4.43 Å². The van der Waals surface area contributed by atoms with Crippen LogP contribution < -0.4 is 0 Å². The standard InChI is InChI=1S/C27H36N4O5SSi/c1-15(22-20(25(35)31(22)17(3)32)16(2)36-38(7,8)27(4,5)6)23(33)19-13-30-14-29-21(26(30)37-19)24(34)18-10-9-11-28-12-18/h9-17,20,22,32H,1-8H3/t15-,16-,17?,20-,22-/m1/s1. The molecule has 5 atom stereocenters. The van der Waals surface area contributed by atoms with Crippen LogP contribution in [0.25, 0.3) is 4.83 Å². The van der Waals surface area contributed by atoms with Gasteiger partial charge < -0.3 is 14.4 Å². The minimum Gasteiger partial charge on any atom is -0.413 e. The van der Waals surface area contributed by atoms with Gasteiger partial charge in [-0.2, -0.15) is 0 Å². The van der Waals surface area contributed by atoms with Crippen LogP contribution in [0.4, 0.5) is 0 Å². The zero-order valence-electron chi connectivity index (χ0n) is 23.1. The lowest BCUT2D eigenvalue weighted by Gasteiger charge is -2.54. The molecule has 1 aliphatic heterocycles. The van der Waals surface area contributed by atoms with Crippen LogP contribution in [-0.2, 0) is 9.22 Å². The van der Waals surface area contributed by atoms with Crippen molar-refractivity contribution in [2.24, 2.45) is 11.8 Å². The van der Waals surface area contributed by atoms with E-state index in [-0.39, 0.29) is 28.2 Å².